The fourth-order valence-corrected chi connectivity index (χ4v) is 3.42. The van der Waals surface area contributed by atoms with Crippen molar-refractivity contribution in [2.75, 3.05) is 25.5 Å². The van der Waals surface area contributed by atoms with Gasteiger partial charge < -0.3 is 20.9 Å². The van der Waals surface area contributed by atoms with Crippen molar-refractivity contribution < 1.29 is 4.79 Å². The standard InChI is InChI=1S/C25H34N6O/c1-16(2)31(6)23(32)18-8-7-9-19(14-18)29-21-11-10-17(15-20(21)25(3,4)5)22(26)30-24-27-12-13-28-24/h7-11,14-16,29H,12-13H2,1-6H3,(H3,26,27,28,30). The number of carbonyl (C=O) groups excluding carboxylic acids is 1. The molecule has 3 rings (SSSR count). The van der Waals surface area contributed by atoms with E-state index in [9.17, 15) is 4.79 Å². The molecule has 0 aliphatic carbocycles. The number of nitrogens with one attached hydrogen (secondary N) is 4. The maximum Gasteiger partial charge on any atom is 0.253 e. The Bertz CT molecular complexity index is 1030. The molecule has 0 unspecified atom stereocenters. The highest BCUT2D eigenvalue weighted by Gasteiger charge is 2.21. The van der Waals surface area contributed by atoms with Gasteiger partial charge in [-0.3, -0.25) is 10.2 Å². The molecule has 32 heavy (non-hydrogen) atoms. The van der Waals surface area contributed by atoms with Crippen molar-refractivity contribution >= 4 is 29.1 Å². The minimum Gasteiger partial charge on any atom is -0.355 e. The molecule has 1 heterocycles. The van der Waals surface area contributed by atoms with E-state index in [1.807, 2.05) is 63.4 Å². The lowest BCUT2D eigenvalue weighted by Gasteiger charge is -2.25. The summed E-state index contributed by atoms with van der Waals surface area (Å²) in [6.07, 6.45) is 0. The van der Waals surface area contributed by atoms with Gasteiger partial charge in [-0.15, -0.1) is 0 Å². The molecule has 2 aromatic carbocycles. The number of hydrogen-bond acceptors (Lipinski definition) is 3. The molecular weight excluding hydrogens is 400 g/mol. The van der Waals surface area contributed by atoms with Crippen LogP contribution in [-0.2, 0) is 5.41 Å². The summed E-state index contributed by atoms with van der Waals surface area (Å²) in [4.78, 5) is 18.8. The smallest absolute Gasteiger partial charge is 0.253 e. The third kappa shape index (κ3) is 5.46. The fourth-order valence-electron chi connectivity index (χ4n) is 3.42. The van der Waals surface area contributed by atoms with Crippen LogP contribution in [-0.4, -0.2) is 48.8 Å². The van der Waals surface area contributed by atoms with Gasteiger partial charge in [0.2, 0.25) is 0 Å². The highest BCUT2D eigenvalue weighted by molar-refractivity contribution is 6.05. The number of rotatable bonds is 5. The van der Waals surface area contributed by atoms with E-state index in [4.69, 9.17) is 5.41 Å². The van der Waals surface area contributed by atoms with Gasteiger partial charge in [0, 0.05) is 48.7 Å². The molecule has 4 N–H and O–H groups in total. The lowest BCUT2D eigenvalue weighted by Crippen LogP contribution is -2.32. The van der Waals surface area contributed by atoms with E-state index in [-0.39, 0.29) is 23.2 Å². The Kier molecular flexibility index (Phi) is 6.87. The first-order chi connectivity index (χ1) is 15.1. The summed E-state index contributed by atoms with van der Waals surface area (Å²) in [5, 5.41) is 18.1. The Morgan fingerprint density at radius 2 is 1.78 bits per heavy atom. The largest absolute Gasteiger partial charge is 0.355 e. The molecule has 7 heteroatoms. The molecule has 0 saturated carbocycles. The Morgan fingerprint density at radius 1 is 1.09 bits per heavy atom. The normalized spacial score (nSPS) is 13.4. The molecule has 0 aromatic heterocycles. The van der Waals surface area contributed by atoms with Crippen LogP contribution in [0.15, 0.2) is 47.5 Å². The highest BCUT2D eigenvalue weighted by atomic mass is 16.2. The van der Waals surface area contributed by atoms with Crippen LogP contribution in [0, 0.1) is 5.41 Å². The van der Waals surface area contributed by atoms with Crippen LogP contribution >= 0.6 is 0 Å². The number of benzene rings is 2. The SMILES string of the molecule is CC(C)N(C)C(=O)c1cccc(Nc2ccc(C(=N)N=C3NCCN3)cc2C(C)(C)C)c1. The number of carbonyl (C=O) groups is 1. The van der Waals surface area contributed by atoms with Crippen molar-refractivity contribution in [3.63, 3.8) is 0 Å². The first kappa shape index (κ1) is 23.3. The summed E-state index contributed by atoms with van der Waals surface area (Å²) >= 11 is 0. The number of aliphatic imine (C=N–C) groups is 1. The highest BCUT2D eigenvalue weighted by Crippen LogP contribution is 2.33. The fraction of sp³-hybridized carbons (Fsp3) is 0.400. The Labute approximate surface area is 190 Å². The van der Waals surface area contributed by atoms with Crippen LogP contribution in [0.5, 0.6) is 0 Å². The minimum atomic E-state index is -0.152. The number of amidine groups is 1. The monoisotopic (exact) mass is 434 g/mol. The second kappa shape index (κ2) is 9.42. The van der Waals surface area contributed by atoms with Gasteiger partial charge in [0.05, 0.1) is 0 Å². The first-order valence-corrected chi connectivity index (χ1v) is 11.0. The lowest BCUT2D eigenvalue weighted by molar-refractivity contribution is 0.0755. The zero-order valence-electron chi connectivity index (χ0n) is 19.8. The van der Waals surface area contributed by atoms with E-state index in [2.05, 4.69) is 41.7 Å². The molecule has 1 aliphatic rings. The van der Waals surface area contributed by atoms with Gasteiger partial charge in [-0.25, -0.2) is 0 Å². The molecule has 1 aliphatic heterocycles. The van der Waals surface area contributed by atoms with Gasteiger partial charge >= 0.3 is 0 Å². The molecular formula is C25H34N6O. The van der Waals surface area contributed by atoms with Crippen LogP contribution in [0.2, 0.25) is 0 Å². The third-order valence-corrected chi connectivity index (χ3v) is 5.52. The van der Waals surface area contributed by atoms with Crippen LogP contribution < -0.4 is 16.0 Å². The quantitative estimate of drug-likeness (QED) is 0.421. The predicted molar refractivity (Wildman–Crippen MR) is 132 cm³/mol. The van der Waals surface area contributed by atoms with Crippen LogP contribution in [0.3, 0.4) is 0 Å². The number of amides is 1. The maximum atomic E-state index is 12.7. The van der Waals surface area contributed by atoms with Crippen molar-refractivity contribution in [3.05, 3.63) is 59.2 Å². The number of guanidine groups is 1. The maximum absolute atomic E-state index is 12.7. The molecule has 7 nitrogen and oxygen atoms in total. The van der Waals surface area contributed by atoms with Crippen LogP contribution in [0.4, 0.5) is 11.4 Å². The van der Waals surface area contributed by atoms with Gasteiger partial charge in [-0.05, 0) is 61.2 Å². The second-order valence-corrected chi connectivity index (χ2v) is 9.39. The molecule has 2 aromatic rings. The van der Waals surface area contributed by atoms with Crippen LogP contribution in [0.1, 0.15) is 56.1 Å². The Balaban J connectivity index is 1.90. The minimum absolute atomic E-state index is 0.00302. The van der Waals surface area contributed by atoms with Crippen molar-refractivity contribution in [1.29, 1.82) is 5.41 Å². The molecule has 170 valence electrons. The summed E-state index contributed by atoms with van der Waals surface area (Å²) in [6.45, 7) is 12.1. The van der Waals surface area contributed by atoms with E-state index >= 15 is 0 Å². The van der Waals surface area contributed by atoms with E-state index in [1.54, 1.807) is 4.90 Å². The van der Waals surface area contributed by atoms with E-state index in [1.165, 1.54) is 0 Å². The molecule has 1 saturated heterocycles. The molecule has 0 spiro atoms. The van der Waals surface area contributed by atoms with E-state index in [0.717, 1.165) is 35.6 Å². The first-order valence-electron chi connectivity index (χ1n) is 11.0. The zero-order valence-corrected chi connectivity index (χ0v) is 19.8. The Morgan fingerprint density at radius 3 is 2.41 bits per heavy atom. The molecule has 1 fully saturated rings. The molecule has 0 radical (unpaired) electrons. The Hall–Kier alpha value is -3.35. The summed E-state index contributed by atoms with van der Waals surface area (Å²) in [5.74, 6) is 0.849. The lowest BCUT2D eigenvalue weighted by atomic mass is 9.84. The number of anilines is 2. The summed E-state index contributed by atoms with van der Waals surface area (Å²) in [5.41, 5.74) is 4.12. The van der Waals surface area contributed by atoms with Crippen molar-refractivity contribution in [2.24, 2.45) is 4.99 Å². The average molecular weight is 435 g/mol. The average Bonchev–Trinajstić information content (AvgIpc) is 3.25. The summed E-state index contributed by atoms with van der Waals surface area (Å²) < 4.78 is 0. The molecule has 0 bridgehead atoms. The van der Waals surface area contributed by atoms with Gasteiger partial charge in [-0.2, -0.15) is 4.99 Å². The van der Waals surface area contributed by atoms with Crippen molar-refractivity contribution in [2.45, 2.75) is 46.1 Å². The topological polar surface area (TPSA) is 92.6 Å². The van der Waals surface area contributed by atoms with Gasteiger partial charge in [0.25, 0.3) is 5.91 Å². The van der Waals surface area contributed by atoms with E-state index in [0.29, 0.717) is 11.5 Å². The molecule has 0 atom stereocenters. The van der Waals surface area contributed by atoms with Crippen LogP contribution in [0.25, 0.3) is 0 Å². The predicted octanol–water partition coefficient (Wildman–Crippen LogP) is 4.08. The number of nitrogens with zero attached hydrogens (tertiary/aromatic N) is 2. The van der Waals surface area contributed by atoms with E-state index < -0.39 is 0 Å². The third-order valence-electron chi connectivity index (χ3n) is 5.52. The van der Waals surface area contributed by atoms with Gasteiger partial charge in [0.15, 0.2) is 11.8 Å². The van der Waals surface area contributed by atoms with Gasteiger partial charge in [-0.1, -0.05) is 26.8 Å². The zero-order chi connectivity index (χ0) is 23.5. The second-order valence-electron chi connectivity index (χ2n) is 9.39. The number of hydrogen-bond donors (Lipinski definition) is 4. The summed E-state index contributed by atoms with van der Waals surface area (Å²) in [6, 6.07) is 13.6. The van der Waals surface area contributed by atoms with Gasteiger partial charge in [0.1, 0.15) is 0 Å². The van der Waals surface area contributed by atoms with Crippen molar-refractivity contribution in [3.8, 4) is 0 Å². The summed E-state index contributed by atoms with van der Waals surface area (Å²) in [7, 11) is 1.82. The molecule has 1 amide bonds. The van der Waals surface area contributed by atoms with Crippen molar-refractivity contribution in [1.82, 2.24) is 15.5 Å².